The summed E-state index contributed by atoms with van der Waals surface area (Å²) in [6, 6.07) is 6.33. The van der Waals surface area contributed by atoms with E-state index in [4.69, 9.17) is 9.15 Å². The number of hydrogen-bond acceptors (Lipinski definition) is 5. The summed E-state index contributed by atoms with van der Waals surface area (Å²) in [6.45, 7) is 6.28. The van der Waals surface area contributed by atoms with Crippen LogP contribution in [-0.4, -0.2) is 26.6 Å². The lowest BCUT2D eigenvalue weighted by molar-refractivity contribution is 0.340. The lowest BCUT2D eigenvalue weighted by Crippen LogP contribution is -2.26. The van der Waals surface area contributed by atoms with Gasteiger partial charge in [-0.3, -0.25) is 0 Å². The highest BCUT2D eigenvalue weighted by molar-refractivity contribution is 7.89. The van der Waals surface area contributed by atoms with E-state index in [2.05, 4.69) is 9.71 Å². The Morgan fingerprint density at radius 2 is 1.91 bits per heavy atom. The van der Waals surface area contributed by atoms with Gasteiger partial charge in [0.2, 0.25) is 10.0 Å². The van der Waals surface area contributed by atoms with Crippen LogP contribution in [-0.2, 0) is 16.4 Å². The van der Waals surface area contributed by atoms with Gasteiger partial charge in [-0.25, -0.2) is 18.1 Å². The molecule has 0 saturated heterocycles. The van der Waals surface area contributed by atoms with E-state index in [-0.39, 0.29) is 11.4 Å². The van der Waals surface area contributed by atoms with Gasteiger partial charge in [0.25, 0.3) is 0 Å². The first-order chi connectivity index (χ1) is 10.4. The molecule has 1 N–H and O–H groups in total. The Balaban J connectivity index is 1.97. The molecule has 7 heteroatoms. The Bertz CT molecular complexity index is 721. The van der Waals surface area contributed by atoms with Gasteiger partial charge in [0.1, 0.15) is 11.5 Å². The van der Waals surface area contributed by atoms with E-state index in [0.717, 1.165) is 5.69 Å². The summed E-state index contributed by atoms with van der Waals surface area (Å²) in [5.41, 5.74) is 0.790. The van der Waals surface area contributed by atoms with E-state index < -0.39 is 10.0 Å². The van der Waals surface area contributed by atoms with E-state index in [0.29, 0.717) is 30.4 Å². The first kappa shape index (κ1) is 16.5. The van der Waals surface area contributed by atoms with Crippen LogP contribution in [0.3, 0.4) is 0 Å². The molecule has 0 unspecified atom stereocenters. The number of sulfonamides is 1. The number of rotatable bonds is 7. The number of ether oxygens (including phenoxy) is 1. The quantitative estimate of drug-likeness (QED) is 0.844. The van der Waals surface area contributed by atoms with Crippen molar-refractivity contribution in [1.82, 2.24) is 9.71 Å². The van der Waals surface area contributed by atoms with Crippen molar-refractivity contribution in [2.45, 2.75) is 32.1 Å². The fourth-order valence-corrected chi connectivity index (χ4v) is 3.10. The normalized spacial score (nSPS) is 11.6. The summed E-state index contributed by atoms with van der Waals surface area (Å²) in [4.78, 5) is 4.36. The van der Waals surface area contributed by atoms with E-state index in [1.165, 1.54) is 12.1 Å². The van der Waals surface area contributed by atoms with Crippen LogP contribution in [0.15, 0.2) is 33.6 Å². The van der Waals surface area contributed by atoms with Crippen molar-refractivity contribution < 1.29 is 17.6 Å². The maximum atomic E-state index is 12.2. The van der Waals surface area contributed by atoms with Crippen LogP contribution in [0.5, 0.6) is 5.75 Å². The zero-order valence-electron chi connectivity index (χ0n) is 12.9. The lowest BCUT2D eigenvalue weighted by Gasteiger charge is -2.07. The average Bonchev–Trinajstić information content (AvgIpc) is 2.78. The van der Waals surface area contributed by atoms with Crippen molar-refractivity contribution in [3.63, 3.8) is 0 Å². The molecule has 0 bridgehead atoms. The number of benzene rings is 1. The van der Waals surface area contributed by atoms with Gasteiger partial charge < -0.3 is 9.15 Å². The van der Waals surface area contributed by atoms with Crippen LogP contribution in [0, 0.1) is 13.8 Å². The molecular formula is C15H20N2O4S. The molecule has 0 spiro atoms. The Morgan fingerprint density at radius 1 is 1.23 bits per heavy atom. The molecule has 22 heavy (non-hydrogen) atoms. The Morgan fingerprint density at radius 3 is 2.45 bits per heavy atom. The molecule has 1 heterocycles. The Kier molecular flexibility index (Phi) is 5.20. The SMILES string of the molecule is CCOc1ccc(S(=O)(=O)NCCc2oc(C)nc2C)cc1. The molecule has 0 fully saturated rings. The molecule has 1 aromatic carbocycles. The first-order valence-corrected chi connectivity index (χ1v) is 8.56. The highest BCUT2D eigenvalue weighted by Crippen LogP contribution is 2.16. The molecule has 2 rings (SSSR count). The molecule has 120 valence electrons. The van der Waals surface area contributed by atoms with Gasteiger partial charge in [0.15, 0.2) is 5.89 Å². The minimum Gasteiger partial charge on any atom is -0.494 e. The standard InChI is InChI=1S/C15H20N2O4S/c1-4-20-13-5-7-14(8-6-13)22(18,19)16-10-9-15-11(2)17-12(3)21-15/h5-8,16H,4,9-10H2,1-3H3. The zero-order valence-corrected chi connectivity index (χ0v) is 13.7. The third-order valence-electron chi connectivity index (χ3n) is 3.09. The number of oxazole rings is 1. The number of nitrogens with one attached hydrogen (secondary N) is 1. The molecule has 0 atom stereocenters. The summed E-state index contributed by atoms with van der Waals surface area (Å²) >= 11 is 0. The van der Waals surface area contributed by atoms with Crippen LogP contribution < -0.4 is 9.46 Å². The fourth-order valence-electron chi connectivity index (χ4n) is 2.07. The fraction of sp³-hybridized carbons (Fsp3) is 0.400. The number of aromatic nitrogens is 1. The predicted octanol–water partition coefficient (Wildman–Crippen LogP) is 2.21. The van der Waals surface area contributed by atoms with E-state index in [1.807, 2.05) is 13.8 Å². The van der Waals surface area contributed by atoms with Gasteiger partial charge in [-0.1, -0.05) is 0 Å². The molecule has 2 aromatic rings. The Hall–Kier alpha value is -1.86. The summed E-state index contributed by atoms with van der Waals surface area (Å²) in [7, 11) is -3.54. The number of aryl methyl sites for hydroxylation is 2. The van der Waals surface area contributed by atoms with Gasteiger partial charge in [-0.15, -0.1) is 0 Å². The van der Waals surface area contributed by atoms with Gasteiger partial charge in [-0.2, -0.15) is 0 Å². The monoisotopic (exact) mass is 324 g/mol. The second-order valence-corrected chi connectivity index (χ2v) is 6.56. The molecule has 0 amide bonds. The smallest absolute Gasteiger partial charge is 0.240 e. The van der Waals surface area contributed by atoms with E-state index in [1.54, 1.807) is 19.1 Å². The lowest BCUT2D eigenvalue weighted by atomic mass is 10.3. The third-order valence-corrected chi connectivity index (χ3v) is 4.57. The van der Waals surface area contributed by atoms with Crippen molar-refractivity contribution in [3.05, 3.63) is 41.6 Å². The molecule has 0 saturated carbocycles. The van der Waals surface area contributed by atoms with Crippen molar-refractivity contribution in [2.24, 2.45) is 0 Å². The number of nitrogens with zero attached hydrogens (tertiary/aromatic N) is 1. The molecule has 1 aromatic heterocycles. The average molecular weight is 324 g/mol. The third kappa shape index (κ3) is 4.08. The molecule has 0 aliphatic rings. The molecule has 0 aliphatic heterocycles. The van der Waals surface area contributed by atoms with Crippen LogP contribution in [0.1, 0.15) is 24.3 Å². The maximum absolute atomic E-state index is 12.2. The highest BCUT2D eigenvalue weighted by Gasteiger charge is 2.14. The van der Waals surface area contributed by atoms with Gasteiger partial charge >= 0.3 is 0 Å². The second-order valence-electron chi connectivity index (χ2n) is 4.79. The van der Waals surface area contributed by atoms with E-state index in [9.17, 15) is 8.42 Å². The van der Waals surface area contributed by atoms with Crippen molar-refractivity contribution in [3.8, 4) is 5.75 Å². The summed E-state index contributed by atoms with van der Waals surface area (Å²) in [6.07, 6.45) is 0.461. The van der Waals surface area contributed by atoms with E-state index >= 15 is 0 Å². The van der Waals surface area contributed by atoms with Crippen LogP contribution >= 0.6 is 0 Å². The van der Waals surface area contributed by atoms with Crippen LogP contribution in [0.2, 0.25) is 0 Å². The van der Waals surface area contributed by atoms with Crippen molar-refractivity contribution in [1.29, 1.82) is 0 Å². The molecule has 0 radical (unpaired) electrons. The number of hydrogen-bond donors (Lipinski definition) is 1. The topological polar surface area (TPSA) is 81.4 Å². The van der Waals surface area contributed by atoms with Crippen molar-refractivity contribution >= 4 is 10.0 Å². The molecular weight excluding hydrogens is 304 g/mol. The minimum atomic E-state index is -3.54. The van der Waals surface area contributed by atoms with Gasteiger partial charge in [0.05, 0.1) is 17.2 Å². The van der Waals surface area contributed by atoms with Crippen LogP contribution in [0.25, 0.3) is 0 Å². The summed E-state index contributed by atoms with van der Waals surface area (Å²) in [5, 5.41) is 0. The zero-order chi connectivity index (χ0) is 16.2. The predicted molar refractivity (Wildman–Crippen MR) is 82.5 cm³/mol. The Labute approximate surface area is 130 Å². The first-order valence-electron chi connectivity index (χ1n) is 7.08. The second kappa shape index (κ2) is 6.93. The largest absolute Gasteiger partial charge is 0.494 e. The van der Waals surface area contributed by atoms with Crippen LogP contribution in [0.4, 0.5) is 0 Å². The highest BCUT2D eigenvalue weighted by atomic mass is 32.2. The molecule has 0 aliphatic carbocycles. The summed E-state index contributed by atoms with van der Waals surface area (Å²) in [5.74, 6) is 1.93. The minimum absolute atomic E-state index is 0.210. The van der Waals surface area contributed by atoms with Gasteiger partial charge in [-0.05, 0) is 38.1 Å². The molecule has 6 nitrogen and oxygen atoms in total. The maximum Gasteiger partial charge on any atom is 0.240 e. The summed E-state index contributed by atoms with van der Waals surface area (Å²) < 4.78 is 37.6. The van der Waals surface area contributed by atoms with Gasteiger partial charge in [0, 0.05) is 19.9 Å². The van der Waals surface area contributed by atoms with Crippen molar-refractivity contribution in [2.75, 3.05) is 13.2 Å².